The molecule has 4 heterocycles. The predicted octanol–water partition coefficient (Wildman–Crippen LogP) is 5.98. The third-order valence-electron chi connectivity index (χ3n) is 10.8. The maximum Gasteiger partial charge on any atom is 0.297 e. The molecule has 276 valence electrons. The average Bonchev–Trinajstić information content (AvgIpc) is 3.81. The van der Waals surface area contributed by atoms with Crippen molar-refractivity contribution in [3.05, 3.63) is 130 Å². The van der Waals surface area contributed by atoms with E-state index < -0.39 is 31.6 Å². The minimum atomic E-state index is -3.42. The van der Waals surface area contributed by atoms with E-state index in [1.54, 1.807) is 48.1 Å². The van der Waals surface area contributed by atoms with Gasteiger partial charge >= 0.3 is 0 Å². The molecule has 1 N–H and O–H groups in total. The molecule has 0 radical (unpaired) electrons. The van der Waals surface area contributed by atoms with Gasteiger partial charge in [-0.15, -0.1) is 5.10 Å². The van der Waals surface area contributed by atoms with Gasteiger partial charge in [0, 0.05) is 41.6 Å². The van der Waals surface area contributed by atoms with Crippen LogP contribution < -0.4 is 19.9 Å². The van der Waals surface area contributed by atoms with E-state index in [0.717, 1.165) is 11.1 Å². The van der Waals surface area contributed by atoms with Gasteiger partial charge in [0.15, 0.2) is 11.4 Å². The third-order valence-corrected chi connectivity index (χ3v) is 13.2. The molecule has 2 aliphatic heterocycles. The Kier molecular flexibility index (Phi) is 9.83. The van der Waals surface area contributed by atoms with Crippen LogP contribution in [-0.4, -0.2) is 65.9 Å². The lowest BCUT2D eigenvalue weighted by Gasteiger charge is -2.31. The molecule has 0 aliphatic carbocycles. The van der Waals surface area contributed by atoms with Crippen LogP contribution in [0.2, 0.25) is 18.6 Å². The second kappa shape index (κ2) is 14.4. The molecule has 2 aromatic heterocycles. The Morgan fingerprint density at radius 1 is 1.00 bits per heavy atom. The summed E-state index contributed by atoms with van der Waals surface area (Å²) in [6.45, 7) is 5.75. The molecular formula is C40H44FN5O6Si. The lowest BCUT2D eigenvalue weighted by Crippen LogP contribution is -2.45. The highest BCUT2D eigenvalue weighted by molar-refractivity contribution is 6.72. The van der Waals surface area contributed by atoms with E-state index in [1.807, 2.05) is 85.9 Å². The summed E-state index contributed by atoms with van der Waals surface area (Å²) in [5.41, 5.74) is 2.06. The second-order valence-corrected chi connectivity index (χ2v) is 18.1. The number of ether oxygens (including phenoxy) is 3. The first kappa shape index (κ1) is 36.3. The van der Waals surface area contributed by atoms with E-state index in [2.05, 4.69) is 10.3 Å². The normalized spacial score (nSPS) is 21.6. The zero-order valence-electron chi connectivity index (χ0n) is 30.5. The number of aromatic nitrogens is 4. The van der Waals surface area contributed by atoms with Gasteiger partial charge in [-0.3, -0.25) is 18.8 Å². The topological polar surface area (TPSA) is 121 Å². The van der Waals surface area contributed by atoms with Gasteiger partial charge in [0.05, 0.1) is 50.8 Å². The van der Waals surface area contributed by atoms with Crippen LogP contribution in [0.4, 0.5) is 9.80 Å². The summed E-state index contributed by atoms with van der Waals surface area (Å²) >= 11 is 0. The number of carbonyl (C=O) groups excluding carboxylic acids is 1. The van der Waals surface area contributed by atoms with E-state index in [9.17, 15) is 14.7 Å². The fourth-order valence-electron chi connectivity index (χ4n) is 8.30. The zero-order chi connectivity index (χ0) is 37.5. The number of rotatable bonds is 12. The average molecular weight is 738 g/mol. The number of amides is 1. The van der Waals surface area contributed by atoms with Crippen LogP contribution in [0.3, 0.4) is 0 Å². The number of aliphatic hydroxyl groups is 1. The summed E-state index contributed by atoms with van der Waals surface area (Å²) in [5, 5.41) is 18.9. The van der Waals surface area contributed by atoms with Gasteiger partial charge in [-0.1, -0.05) is 54.6 Å². The maximum absolute atomic E-state index is 16.5. The molecule has 3 aromatic carbocycles. The number of aliphatic hydroxyl groups excluding tert-OH is 1. The molecule has 2 aliphatic rings. The highest BCUT2D eigenvalue weighted by Gasteiger charge is 2.66. The van der Waals surface area contributed by atoms with Crippen LogP contribution in [0, 0.1) is 5.92 Å². The molecule has 1 saturated heterocycles. The fraction of sp³-hybridized carbons (Fsp3) is 0.350. The number of pyridine rings is 1. The molecule has 7 rings (SSSR count). The molecule has 5 aromatic rings. The van der Waals surface area contributed by atoms with Crippen molar-refractivity contribution < 1.29 is 28.2 Å². The van der Waals surface area contributed by atoms with Gasteiger partial charge in [-0.05, 0) is 73.1 Å². The van der Waals surface area contributed by atoms with Crippen LogP contribution in [-0.2, 0) is 28.2 Å². The highest BCUT2D eigenvalue weighted by atomic mass is 28.4. The Hall–Kier alpha value is -5.11. The highest BCUT2D eigenvalue weighted by Crippen LogP contribution is 2.60. The van der Waals surface area contributed by atoms with Crippen molar-refractivity contribution in [3.8, 4) is 17.2 Å². The van der Waals surface area contributed by atoms with E-state index in [1.165, 1.54) is 11.7 Å². The monoisotopic (exact) mass is 737 g/mol. The molecule has 1 fully saturated rings. The third kappa shape index (κ3) is 6.46. The molecule has 53 heavy (non-hydrogen) atoms. The maximum atomic E-state index is 16.5. The lowest BCUT2D eigenvalue weighted by molar-refractivity contribution is -0.146. The largest absolute Gasteiger partial charge is 0.497 e. The summed E-state index contributed by atoms with van der Waals surface area (Å²) in [5.74, 6) is -0.297. The number of benzene rings is 3. The molecule has 0 saturated carbocycles. The fourth-order valence-corrected chi connectivity index (χ4v) is 10.8. The van der Waals surface area contributed by atoms with Crippen LogP contribution in [0.1, 0.15) is 41.6 Å². The molecule has 1 spiro atoms. The van der Waals surface area contributed by atoms with Crippen molar-refractivity contribution in [2.45, 2.75) is 62.7 Å². The van der Waals surface area contributed by atoms with Crippen LogP contribution in [0.5, 0.6) is 11.5 Å². The molecule has 5 atom stereocenters. The smallest absolute Gasteiger partial charge is 0.297 e. The van der Waals surface area contributed by atoms with Gasteiger partial charge < -0.3 is 28.3 Å². The second-order valence-electron chi connectivity index (χ2n) is 14.3. The molecule has 1 amide bonds. The van der Waals surface area contributed by atoms with Crippen molar-refractivity contribution in [2.75, 3.05) is 25.7 Å². The number of methoxy groups -OCH3 is 2. The van der Waals surface area contributed by atoms with Crippen molar-refractivity contribution in [1.82, 2.24) is 19.6 Å². The summed E-state index contributed by atoms with van der Waals surface area (Å²) < 4.78 is 37.5. The SMILES string of the molecule is COc1ccc2c(c1)[C@]1(O[C@@H](CCn3cc(C(CO)c4ccccc4)nn3)[C@H]([Si](C)(C)F)[C@H]1C)C(=O)N2Cc1cccc(-n2cccc(OC)c2=O)c1. The lowest BCUT2D eigenvalue weighted by atomic mass is 9.82. The Bertz CT molecular complexity index is 2170. The number of fused-ring (bicyclic) bond motifs is 2. The van der Waals surface area contributed by atoms with Crippen molar-refractivity contribution in [3.63, 3.8) is 0 Å². The molecular weight excluding hydrogens is 694 g/mol. The van der Waals surface area contributed by atoms with Gasteiger partial charge in [-0.25, -0.2) is 0 Å². The van der Waals surface area contributed by atoms with E-state index >= 15 is 4.11 Å². The van der Waals surface area contributed by atoms with Crippen molar-refractivity contribution in [2.24, 2.45) is 5.92 Å². The van der Waals surface area contributed by atoms with Crippen LogP contribution in [0.25, 0.3) is 5.69 Å². The van der Waals surface area contributed by atoms with E-state index in [0.29, 0.717) is 41.3 Å². The van der Waals surface area contributed by atoms with Gasteiger partial charge in [-0.2, -0.15) is 0 Å². The molecule has 0 bridgehead atoms. The van der Waals surface area contributed by atoms with E-state index in [4.69, 9.17) is 14.2 Å². The minimum absolute atomic E-state index is 0.122. The van der Waals surface area contributed by atoms with Gasteiger partial charge in [0.25, 0.3) is 11.5 Å². The Labute approximate surface area is 308 Å². The Balaban J connectivity index is 1.20. The van der Waals surface area contributed by atoms with Crippen LogP contribution >= 0.6 is 0 Å². The summed E-state index contributed by atoms with van der Waals surface area (Å²) in [6.07, 6.45) is 3.30. The zero-order valence-corrected chi connectivity index (χ0v) is 31.5. The number of aryl methyl sites for hydroxylation is 1. The predicted molar refractivity (Wildman–Crippen MR) is 201 cm³/mol. The summed E-state index contributed by atoms with van der Waals surface area (Å²) in [4.78, 5) is 29.7. The number of hydrogen-bond donors (Lipinski definition) is 1. The first-order valence-corrected chi connectivity index (χ1v) is 20.7. The number of anilines is 1. The molecule has 1 unspecified atom stereocenters. The summed E-state index contributed by atoms with van der Waals surface area (Å²) in [6, 6.07) is 25.9. The number of carbonyl (C=O) groups is 1. The number of halogens is 1. The van der Waals surface area contributed by atoms with Crippen LogP contribution in [0.15, 0.2) is 102 Å². The summed E-state index contributed by atoms with van der Waals surface area (Å²) in [7, 11) is -0.392. The van der Waals surface area contributed by atoms with Crippen molar-refractivity contribution >= 4 is 20.0 Å². The first-order valence-electron chi connectivity index (χ1n) is 17.8. The van der Waals surface area contributed by atoms with Gasteiger partial charge in [0.1, 0.15) is 5.75 Å². The standard InChI is InChI=1S/C40H44FN5O6Si/c1-26-37(53(4,5)41)35(18-20-44-24-33(42-43-44)31(25-47)28-12-7-6-8-13-28)52-40(26)32-22-30(50-2)16-17-34(32)46(39(40)49)23-27-11-9-14-29(21-27)45-19-10-15-36(51-3)38(45)48/h6-17,19,21-22,24,26,31,35,37,47H,18,20,23,25H2,1-5H3/t26-,31?,35+,37-,40+/m1/s1. The van der Waals surface area contributed by atoms with Crippen molar-refractivity contribution in [1.29, 1.82) is 0 Å². The Morgan fingerprint density at radius 3 is 2.51 bits per heavy atom. The Morgan fingerprint density at radius 2 is 1.79 bits per heavy atom. The number of hydrogen-bond acceptors (Lipinski definition) is 8. The quantitative estimate of drug-likeness (QED) is 0.123. The molecule has 11 nitrogen and oxygen atoms in total. The van der Waals surface area contributed by atoms with Gasteiger partial charge in [0.2, 0.25) is 8.41 Å². The first-order chi connectivity index (χ1) is 25.5. The number of nitrogens with zero attached hydrogens (tertiary/aromatic N) is 5. The van der Waals surface area contributed by atoms with E-state index in [-0.39, 0.29) is 36.3 Å². The minimum Gasteiger partial charge on any atom is -0.497 e. The molecule has 13 heteroatoms.